The van der Waals surface area contributed by atoms with Gasteiger partial charge in [0, 0.05) is 91.3 Å². The average molecular weight is 1020 g/mol. The van der Waals surface area contributed by atoms with Gasteiger partial charge in [-0.1, -0.05) is 54.6 Å². The maximum atomic E-state index is 14.9. The normalized spacial score (nSPS) is 16.7. The topological polar surface area (TPSA) is 176 Å². The van der Waals surface area contributed by atoms with Crippen molar-refractivity contribution < 1.29 is 51.8 Å². The largest absolute Gasteiger partial charge is 0.465 e. The number of benzene rings is 4. The van der Waals surface area contributed by atoms with Crippen molar-refractivity contribution in [3.8, 4) is 0 Å². The van der Waals surface area contributed by atoms with Crippen LogP contribution in [0.5, 0.6) is 0 Å². The standard InChI is InChI=1S/C28H35FN4O4.C28H34FN3O5/c1-27(2,3)37-26(36)31-13-11-28(12-14-31)18-32(19-28)25(35)33(22-7-5-4-6-8-22)17-21-10-9-20(15-23(21)29)24(34)16-30;1-27(2,3)37-26(35)30-14-12-28(13-15-30)18-31(19-28)25(34)32(22-8-6-5-7-9-22)17-21-11-10-20(16-23(21)29)24(33)36-4/h4-10,15H,11-14,16-19,30H2,1-3H3;5-11,16H,12-15,17-19H2,1-4H3. The number of ketones is 1. The minimum atomic E-state index is -0.620. The Hall–Kier alpha value is -7.08. The molecule has 0 atom stereocenters. The first-order valence-electron chi connectivity index (χ1n) is 25.1. The van der Waals surface area contributed by atoms with E-state index in [9.17, 15) is 37.5 Å². The Morgan fingerprint density at radius 3 is 1.26 bits per heavy atom. The first kappa shape index (κ1) is 54.7. The summed E-state index contributed by atoms with van der Waals surface area (Å²) in [7, 11) is 1.24. The molecule has 6 amide bonds. The van der Waals surface area contributed by atoms with E-state index < -0.39 is 28.8 Å². The molecule has 16 nitrogen and oxygen atoms in total. The number of para-hydroxylation sites is 2. The average Bonchev–Trinajstić information content (AvgIpc) is 3.35. The minimum Gasteiger partial charge on any atom is -0.465 e. The summed E-state index contributed by atoms with van der Waals surface area (Å²) >= 11 is 0. The maximum absolute atomic E-state index is 14.9. The van der Waals surface area contributed by atoms with Crippen LogP contribution in [0.2, 0.25) is 0 Å². The number of hydrogen-bond donors (Lipinski definition) is 1. The lowest BCUT2D eigenvalue weighted by molar-refractivity contribution is -0.0314. The number of nitrogens with two attached hydrogens (primary N) is 1. The third kappa shape index (κ3) is 13.4. The molecule has 0 saturated carbocycles. The van der Waals surface area contributed by atoms with E-state index in [1.165, 1.54) is 31.4 Å². The lowest BCUT2D eigenvalue weighted by Gasteiger charge is -2.54. The van der Waals surface area contributed by atoms with Crippen LogP contribution >= 0.6 is 0 Å². The molecule has 4 fully saturated rings. The number of piperidine rings is 2. The molecule has 4 aromatic carbocycles. The first-order valence-corrected chi connectivity index (χ1v) is 25.1. The second-order valence-electron chi connectivity index (χ2n) is 21.8. The zero-order valence-corrected chi connectivity index (χ0v) is 43.5. The molecule has 4 saturated heterocycles. The van der Waals surface area contributed by atoms with Gasteiger partial charge in [-0.05, 0) is 110 Å². The molecule has 0 aliphatic carbocycles. The number of carbonyl (C=O) groups excluding carboxylic acids is 6. The summed E-state index contributed by atoms with van der Waals surface area (Å²) in [6.07, 6.45) is 2.59. The van der Waals surface area contributed by atoms with Crippen molar-refractivity contribution in [3.05, 3.63) is 131 Å². The molecule has 8 rings (SSSR count). The second-order valence-corrected chi connectivity index (χ2v) is 21.8. The van der Waals surface area contributed by atoms with E-state index in [1.54, 1.807) is 35.5 Å². The van der Waals surface area contributed by atoms with Crippen molar-refractivity contribution in [2.24, 2.45) is 16.6 Å². The fraction of sp³-hybridized carbons (Fsp3) is 0.464. The van der Waals surface area contributed by atoms with Gasteiger partial charge in [0.15, 0.2) is 5.78 Å². The highest BCUT2D eigenvalue weighted by molar-refractivity contribution is 5.98. The number of likely N-dealkylation sites (tertiary alicyclic amines) is 4. The second kappa shape index (κ2) is 22.6. The van der Waals surface area contributed by atoms with Crippen molar-refractivity contribution in [2.45, 2.75) is 91.5 Å². The lowest BCUT2D eigenvalue weighted by atomic mass is 9.72. The highest BCUT2D eigenvalue weighted by Crippen LogP contribution is 2.43. The molecule has 4 aliphatic rings. The molecule has 2 N–H and O–H groups in total. The number of Topliss-reactive ketones (excluding diaryl/α,β-unsaturated/α-hetero) is 1. The van der Waals surface area contributed by atoms with E-state index in [1.807, 2.05) is 102 Å². The van der Waals surface area contributed by atoms with Crippen molar-refractivity contribution in [1.82, 2.24) is 19.6 Å². The molecule has 4 heterocycles. The SMILES string of the molecule is CC(C)(C)OC(=O)N1CCC2(CC1)CN(C(=O)N(Cc1ccc(C(=O)CN)cc1F)c1ccccc1)C2.COC(=O)c1ccc(CN(C(=O)N2CC3(CCN(C(=O)OC(C)(C)C)CC3)C2)c2ccccc2)c(F)c1. The van der Waals surface area contributed by atoms with Gasteiger partial charge in [-0.15, -0.1) is 0 Å². The van der Waals surface area contributed by atoms with Gasteiger partial charge in [0.05, 0.1) is 32.3 Å². The van der Waals surface area contributed by atoms with Crippen LogP contribution in [0.4, 0.5) is 39.3 Å². The zero-order valence-electron chi connectivity index (χ0n) is 43.5. The van der Waals surface area contributed by atoms with Gasteiger partial charge >= 0.3 is 30.2 Å². The monoisotopic (exact) mass is 1020 g/mol. The molecule has 0 unspecified atom stereocenters. The van der Waals surface area contributed by atoms with Gasteiger partial charge in [0.2, 0.25) is 0 Å². The van der Waals surface area contributed by atoms with Crippen LogP contribution in [0.3, 0.4) is 0 Å². The summed E-state index contributed by atoms with van der Waals surface area (Å²) < 4.78 is 45.4. The Morgan fingerprint density at radius 1 is 0.554 bits per heavy atom. The highest BCUT2D eigenvalue weighted by atomic mass is 19.1. The third-order valence-corrected chi connectivity index (χ3v) is 13.9. The van der Waals surface area contributed by atoms with Crippen LogP contribution in [0.1, 0.15) is 99.1 Å². The highest BCUT2D eigenvalue weighted by Gasteiger charge is 2.50. The number of amides is 6. The van der Waals surface area contributed by atoms with Crippen LogP contribution in [0.25, 0.3) is 0 Å². The number of nitrogens with zero attached hydrogens (tertiary/aromatic N) is 6. The molecule has 4 aliphatic heterocycles. The summed E-state index contributed by atoms with van der Waals surface area (Å²) in [5, 5.41) is 0. The fourth-order valence-electron chi connectivity index (χ4n) is 9.73. The molecule has 0 radical (unpaired) electrons. The van der Waals surface area contributed by atoms with Crippen molar-refractivity contribution >= 4 is 47.4 Å². The quantitative estimate of drug-likeness (QED) is 0.0966. The van der Waals surface area contributed by atoms with E-state index in [0.29, 0.717) is 74.9 Å². The Balaban J connectivity index is 0.000000216. The summed E-state index contributed by atoms with van der Waals surface area (Å²) in [4.78, 5) is 85.7. The Labute approximate surface area is 432 Å². The number of carbonyl (C=O) groups is 6. The van der Waals surface area contributed by atoms with Crippen molar-refractivity contribution in [2.75, 3.05) is 75.8 Å². The third-order valence-electron chi connectivity index (χ3n) is 13.9. The van der Waals surface area contributed by atoms with Gasteiger partial charge in [-0.2, -0.15) is 0 Å². The van der Waals surface area contributed by atoms with E-state index in [2.05, 4.69) is 4.74 Å². The number of methoxy groups -OCH3 is 1. The summed E-state index contributed by atoms with van der Waals surface area (Å²) in [5.41, 5.74) is 6.53. The van der Waals surface area contributed by atoms with Crippen LogP contribution in [-0.2, 0) is 27.3 Å². The van der Waals surface area contributed by atoms with E-state index >= 15 is 0 Å². The van der Waals surface area contributed by atoms with Gasteiger partial charge < -0.3 is 39.5 Å². The fourth-order valence-corrected chi connectivity index (χ4v) is 9.73. The summed E-state index contributed by atoms with van der Waals surface area (Å²) in [6, 6.07) is 26.3. The first-order chi connectivity index (χ1) is 35.0. The van der Waals surface area contributed by atoms with Crippen LogP contribution < -0.4 is 15.5 Å². The van der Waals surface area contributed by atoms with Crippen LogP contribution in [0.15, 0.2) is 97.1 Å². The van der Waals surface area contributed by atoms with E-state index in [-0.39, 0.29) is 71.6 Å². The number of rotatable bonds is 9. The van der Waals surface area contributed by atoms with E-state index in [0.717, 1.165) is 31.7 Å². The minimum absolute atomic E-state index is 0.0199. The molecule has 396 valence electrons. The van der Waals surface area contributed by atoms with Gasteiger partial charge in [0.1, 0.15) is 22.8 Å². The lowest BCUT2D eigenvalue weighted by Crippen LogP contribution is -2.64. The molecule has 0 bridgehead atoms. The Morgan fingerprint density at radius 2 is 0.919 bits per heavy atom. The molecule has 18 heteroatoms. The number of esters is 1. The number of anilines is 2. The molecular formula is C56H69F2N7O9. The van der Waals surface area contributed by atoms with Crippen LogP contribution in [-0.4, -0.2) is 133 Å². The van der Waals surface area contributed by atoms with Gasteiger partial charge in [-0.25, -0.2) is 32.8 Å². The van der Waals surface area contributed by atoms with Crippen molar-refractivity contribution in [3.63, 3.8) is 0 Å². The van der Waals surface area contributed by atoms with Crippen molar-refractivity contribution in [1.29, 1.82) is 0 Å². The van der Waals surface area contributed by atoms with Gasteiger partial charge in [-0.3, -0.25) is 14.6 Å². The zero-order chi connectivity index (χ0) is 53.6. The number of ether oxygens (including phenoxy) is 3. The predicted molar refractivity (Wildman–Crippen MR) is 276 cm³/mol. The van der Waals surface area contributed by atoms with E-state index in [4.69, 9.17) is 15.2 Å². The molecule has 2 spiro atoms. The summed E-state index contributed by atoms with van der Waals surface area (Å²) in [5.74, 6) is -2.09. The number of hydrogen-bond acceptors (Lipinski definition) is 10. The molecule has 74 heavy (non-hydrogen) atoms. The smallest absolute Gasteiger partial charge is 0.410 e. The van der Waals surface area contributed by atoms with Crippen LogP contribution in [0, 0.1) is 22.5 Å². The van der Waals surface area contributed by atoms with Gasteiger partial charge in [0.25, 0.3) is 0 Å². The maximum Gasteiger partial charge on any atom is 0.410 e. The Kier molecular flexibility index (Phi) is 16.7. The Bertz CT molecular complexity index is 2480. The number of halogens is 2. The molecule has 0 aromatic heterocycles. The predicted octanol–water partition coefficient (Wildman–Crippen LogP) is 9.50. The molecular weight excluding hydrogens is 953 g/mol. The summed E-state index contributed by atoms with van der Waals surface area (Å²) in [6.45, 7) is 15.7. The molecule has 4 aromatic rings. The number of urea groups is 2.